The Balaban J connectivity index is 1.78. The molecule has 2 N–H and O–H groups in total. The minimum absolute atomic E-state index is 0.113. The van der Waals surface area contributed by atoms with E-state index in [1.54, 1.807) is 0 Å². The molecular formula is C9H17NO2. The van der Waals surface area contributed by atoms with E-state index in [2.05, 4.69) is 12.2 Å². The summed E-state index contributed by atoms with van der Waals surface area (Å²) >= 11 is 0. The summed E-state index contributed by atoms with van der Waals surface area (Å²) in [5.41, 5.74) is 0. The summed E-state index contributed by atoms with van der Waals surface area (Å²) in [4.78, 5) is 0. The highest BCUT2D eigenvalue weighted by Gasteiger charge is 2.33. The second-order valence-corrected chi connectivity index (χ2v) is 3.89. The lowest BCUT2D eigenvalue weighted by Gasteiger charge is -2.36. The fraction of sp³-hybridized carbons (Fsp3) is 1.00. The van der Waals surface area contributed by atoms with Crippen LogP contribution in [0.4, 0.5) is 0 Å². The van der Waals surface area contributed by atoms with Crippen LogP contribution >= 0.6 is 0 Å². The third-order valence-electron chi connectivity index (χ3n) is 3.04. The number of rotatable bonds is 2. The SMILES string of the molecule is CC1OCCC1N[C@@H]1CC[C@H]1O. The molecule has 3 nitrogen and oxygen atoms in total. The molecule has 2 unspecified atom stereocenters. The number of ether oxygens (including phenoxy) is 1. The molecule has 3 heteroatoms. The van der Waals surface area contributed by atoms with E-state index in [1.807, 2.05) is 0 Å². The second kappa shape index (κ2) is 3.32. The van der Waals surface area contributed by atoms with Crippen LogP contribution in [0.15, 0.2) is 0 Å². The van der Waals surface area contributed by atoms with Gasteiger partial charge in [-0.15, -0.1) is 0 Å². The van der Waals surface area contributed by atoms with E-state index in [-0.39, 0.29) is 6.10 Å². The third kappa shape index (κ3) is 1.49. The van der Waals surface area contributed by atoms with Crippen LogP contribution in [-0.4, -0.2) is 36.0 Å². The number of nitrogens with one attached hydrogen (secondary N) is 1. The predicted octanol–water partition coefficient (Wildman–Crippen LogP) is 0.277. The Kier molecular flexibility index (Phi) is 2.35. The minimum atomic E-state index is -0.113. The van der Waals surface area contributed by atoms with E-state index in [4.69, 9.17) is 4.74 Å². The van der Waals surface area contributed by atoms with Gasteiger partial charge in [0.2, 0.25) is 0 Å². The molecule has 70 valence electrons. The van der Waals surface area contributed by atoms with Crippen LogP contribution < -0.4 is 5.32 Å². The fourth-order valence-corrected chi connectivity index (χ4v) is 1.90. The lowest BCUT2D eigenvalue weighted by atomic mass is 9.88. The topological polar surface area (TPSA) is 41.5 Å². The van der Waals surface area contributed by atoms with Crippen LogP contribution in [-0.2, 0) is 4.74 Å². The van der Waals surface area contributed by atoms with Crippen molar-refractivity contribution >= 4 is 0 Å². The fourth-order valence-electron chi connectivity index (χ4n) is 1.90. The highest BCUT2D eigenvalue weighted by molar-refractivity contribution is 4.91. The molecule has 1 saturated heterocycles. The number of aliphatic hydroxyl groups is 1. The first-order valence-corrected chi connectivity index (χ1v) is 4.83. The number of aliphatic hydroxyl groups excluding tert-OH is 1. The molecule has 1 aliphatic heterocycles. The van der Waals surface area contributed by atoms with E-state index in [9.17, 15) is 5.11 Å². The first-order chi connectivity index (χ1) is 5.77. The highest BCUT2D eigenvalue weighted by atomic mass is 16.5. The Morgan fingerprint density at radius 1 is 1.25 bits per heavy atom. The highest BCUT2D eigenvalue weighted by Crippen LogP contribution is 2.22. The summed E-state index contributed by atoms with van der Waals surface area (Å²) in [7, 11) is 0. The Morgan fingerprint density at radius 2 is 2.08 bits per heavy atom. The minimum Gasteiger partial charge on any atom is -0.392 e. The molecule has 12 heavy (non-hydrogen) atoms. The van der Waals surface area contributed by atoms with Gasteiger partial charge in [0.15, 0.2) is 0 Å². The van der Waals surface area contributed by atoms with Crippen molar-refractivity contribution in [2.45, 2.75) is 50.5 Å². The lowest BCUT2D eigenvalue weighted by molar-refractivity contribution is 0.0353. The summed E-state index contributed by atoms with van der Waals surface area (Å²) < 4.78 is 5.43. The van der Waals surface area contributed by atoms with E-state index in [0.717, 1.165) is 25.9 Å². The van der Waals surface area contributed by atoms with Crippen molar-refractivity contribution < 1.29 is 9.84 Å². The lowest BCUT2D eigenvalue weighted by Crippen LogP contribution is -2.53. The molecule has 1 heterocycles. The first kappa shape index (κ1) is 8.48. The zero-order valence-corrected chi connectivity index (χ0v) is 7.49. The molecule has 2 aliphatic rings. The zero-order chi connectivity index (χ0) is 8.55. The molecule has 0 aromatic rings. The van der Waals surface area contributed by atoms with Crippen LogP contribution in [0, 0.1) is 0 Å². The smallest absolute Gasteiger partial charge is 0.0700 e. The molecule has 0 radical (unpaired) electrons. The van der Waals surface area contributed by atoms with Crippen LogP contribution in [0.2, 0.25) is 0 Å². The third-order valence-corrected chi connectivity index (χ3v) is 3.04. The Hall–Kier alpha value is -0.120. The summed E-state index contributed by atoms with van der Waals surface area (Å²) in [5, 5.41) is 12.8. The van der Waals surface area contributed by atoms with Crippen LogP contribution in [0.25, 0.3) is 0 Å². The standard InChI is InChI=1S/C9H17NO2/c1-6-7(4-5-12-6)10-8-2-3-9(8)11/h6-11H,2-5H2,1H3/t6?,7?,8-,9-/m1/s1. The summed E-state index contributed by atoms with van der Waals surface area (Å²) in [6.45, 7) is 2.96. The predicted molar refractivity (Wildman–Crippen MR) is 46.0 cm³/mol. The molecule has 0 amide bonds. The van der Waals surface area contributed by atoms with Gasteiger partial charge < -0.3 is 15.2 Å². The van der Waals surface area contributed by atoms with E-state index >= 15 is 0 Å². The largest absolute Gasteiger partial charge is 0.392 e. The molecule has 1 saturated carbocycles. The van der Waals surface area contributed by atoms with E-state index < -0.39 is 0 Å². The van der Waals surface area contributed by atoms with Gasteiger partial charge in [-0.1, -0.05) is 0 Å². The molecule has 2 rings (SSSR count). The van der Waals surface area contributed by atoms with Crippen molar-refractivity contribution in [3.8, 4) is 0 Å². The van der Waals surface area contributed by atoms with E-state index in [1.165, 1.54) is 0 Å². The van der Waals surface area contributed by atoms with Crippen molar-refractivity contribution in [3.05, 3.63) is 0 Å². The van der Waals surface area contributed by atoms with Crippen molar-refractivity contribution in [1.82, 2.24) is 5.32 Å². The average Bonchev–Trinajstić information content (AvgIpc) is 2.44. The maximum atomic E-state index is 9.35. The van der Waals surface area contributed by atoms with Crippen molar-refractivity contribution in [3.63, 3.8) is 0 Å². The van der Waals surface area contributed by atoms with Gasteiger partial charge in [0.05, 0.1) is 12.2 Å². The Labute approximate surface area is 73.1 Å². The van der Waals surface area contributed by atoms with E-state index in [0.29, 0.717) is 18.2 Å². The summed E-state index contributed by atoms with van der Waals surface area (Å²) in [6.07, 6.45) is 3.37. The Morgan fingerprint density at radius 3 is 2.50 bits per heavy atom. The van der Waals surface area contributed by atoms with Crippen LogP contribution in [0.3, 0.4) is 0 Å². The van der Waals surface area contributed by atoms with Crippen LogP contribution in [0.1, 0.15) is 26.2 Å². The van der Waals surface area contributed by atoms with Crippen molar-refractivity contribution in [1.29, 1.82) is 0 Å². The molecular weight excluding hydrogens is 154 g/mol. The summed E-state index contributed by atoms with van der Waals surface area (Å²) in [6, 6.07) is 0.795. The quantitative estimate of drug-likeness (QED) is 0.627. The molecule has 0 aromatic carbocycles. The summed E-state index contributed by atoms with van der Waals surface area (Å²) in [5.74, 6) is 0. The monoisotopic (exact) mass is 171 g/mol. The molecule has 4 atom stereocenters. The van der Waals surface area contributed by atoms with Gasteiger partial charge in [-0.25, -0.2) is 0 Å². The number of hydrogen-bond acceptors (Lipinski definition) is 3. The average molecular weight is 171 g/mol. The maximum Gasteiger partial charge on any atom is 0.0700 e. The molecule has 0 bridgehead atoms. The Bertz CT molecular complexity index is 163. The van der Waals surface area contributed by atoms with Gasteiger partial charge in [-0.3, -0.25) is 0 Å². The van der Waals surface area contributed by atoms with Gasteiger partial charge in [0, 0.05) is 18.7 Å². The first-order valence-electron chi connectivity index (χ1n) is 4.83. The molecule has 0 aromatic heterocycles. The van der Waals surface area contributed by atoms with Gasteiger partial charge in [0.25, 0.3) is 0 Å². The number of hydrogen-bond donors (Lipinski definition) is 2. The normalized spacial score (nSPS) is 47.5. The molecule has 1 aliphatic carbocycles. The van der Waals surface area contributed by atoms with Gasteiger partial charge >= 0.3 is 0 Å². The van der Waals surface area contributed by atoms with Crippen molar-refractivity contribution in [2.24, 2.45) is 0 Å². The van der Waals surface area contributed by atoms with Crippen LogP contribution in [0.5, 0.6) is 0 Å². The second-order valence-electron chi connectivity index (χ2n) is 3.89. The van der Waals surface area contributed by atoms with Gasteiger partial charge in [-0.2, -0.15) is 0 Å². The zero-order valence-electron chi connectivity index (χ0n) is 7.49. The maximum absolute atomic E-state index is 9.35. The van der Waals surface area contributed by atoms with Gasteiger partial charge in [0.1, 0.15) is 0 Å². The van der Waals surface area contributed by atoms with Gasteiger partial charge in [-0.05, 0) is 26.2 Å². The molecule has 2 fully saturated rings. The van der Waals surface area contributed by atoms with Crippen molar-refractivity contribution in [2.75, 3.05) is 6.61 Å². The molecule has 0 spiro atoms.